The third-order valence-corrected chi connectivity index (χ3v) is 6.83. The van der Waals surface area contributed by atoms with Gasteiger partial charge in [0, 0.05) is 17.3 Å². The fourth-order valence-corrected chi connectivity index (χ4v) is 4.83. The van der Waals surface area contributed by atoms with Crippen molar-refractivity contribution in [2.75, 3.05) is 11.1 Å². The Morgan fingerprint density at radius 3 is 2.58 bits per heavy atom. The van der Waals surface area contributed by atoms with E-state index in [2.05, 4.69) is 41.3 Å². The molecule has 3 aromatic rings. The van der Waals surface area contributed by atoms with Crippen LogP contribution in [0, 0.1) is 12.8 Å². The molecule has 0 radical (unpaired) electrons. The van der Waals surface area contributed by atoms with Crippen LogP contribution in [0.3, 0.4) is 0 Å². The normalized spacial score (nSPS) is 11.8. The van der Waals surface area contributed by atoms with Crippen molar-refractivity contribution in [2.24, 2.45) is 5.92 Å². The van der Waals surface area contributed by atoms with Crippen molar-refractivity contribution in [3.63, 3.8) is 0 Å². The number of anilines is 1. The van der Waals surface area contributed by atoms with Crippen molar-refractivity contribution in [1.82, 2.24) is 20.1 Å². The van der Waals surface area contributed by atoms with Gasteiger partial charge in [-0.15, -0.1) is 16.8 Å². The van der Waals surface area contributed by atoms with Gasteiger partial charge in [-0.3, -0.25) is 9.59 Å². The highest BCUT2D eigenvalue weighted by atomic mass is 35.5. The molecule has 2 aromatic carbocycles. The zero-order chi connectivity index (χ0) is 26.2. The summed E-state index contributed by atoms with van der Waals surface area (Å²) < 4.78 is 1.87. The molecule has 0 unspecified atom stereocenters. The molecule has 2 amide bonds. The molecule has 0 saturated heterocycles. The Hall–Kier alpha value is -2.81. The molecule has 1 atom stereocenters. The van der Waals surface area contributed by atoms with E-state index < -0.39 is 6.04 Å². The summed E-state index contributed by atoms with van der Waals surface area (Å²) in [5, 5.41) is 16.2. The number of benzene rings is 2. The molecule has 0 aliphatic carbocycles. The fraction of sp³-hybridized carbons (Fsp3) is 0.308. The van der Waals surface area contributed by atoms with Gasteiger partial charge >= 0.3 is 0 Å². The molecule has 0 spiro atoms. The maximum Gasteiger partial charge on any atom is 0.253 e. The first-order valence-electron chi connectivity index (χ1n) is 11.5. The summed E-state index contributed by atoms with van der Waals surface area (Å²) >= 11 is 13.5. The smallest absolute Gasteiger partial charge is 0.253 e. The molecule has 1 aromatic heterocycles. The van der Waals surface area contributed by atoms with Gasteiger partial charge in [-0.05, 0) is 55.2 Å². The Kier molecular flexibility index (Phi) is 9.98. The van der Waals surface area contributed by atoms with Gasteiger partial charge in [0.05, 0.1) is 22.4 Å². The van der Waals surface area contributed by atoms with Crippen molar-refractivity contribution >= 4 is 52.5 Å². The number of aromatic nitrogens is 3. The van der Waals surface area contributed by atoms with Crippen LogP contribution in [0.15, 0.2) is 60.3 Å². The number of rotatable bonds is 11. The van der Waals surface area contributed by atoms with Crippen LogP contribution in [0.25, 0.3) is 0 Å². The Bertz CT molecular complexity index is 1240. The van der Waals surface area contributed by atoms with Crippen molar-refractivity contribution in [3.05, 3.63) is 82.1 Å². The standard InChI is InChI=1S/C26H29Cl2N5O2S/c1-5-12-33-24(22(13-16(2)3)30-25(35)19-8-6-7-9-20(19)28)31-32-26(33)36-15-23(34)29-21-11-10-18(27)14-17(21)4/h5-11,14,16,22H,1,12-13,15H2,2-4H3,(H,29,34)(H,30,35)/t22-/m0/s1. The first-order chi connectivity index (χ1) is 17.2. The summed E-state index contributed by atoms with van der Waals surface area (Å²) in [6.07, 6.45) is 2.38. The lowest BCUT2D eigenvalue weighted by atomic mass is 10.0. The van der Waals surface area contributed by atoms with Gasteiger partial charge in [0.1, 0.15) is 0 Å². The van der Waals surface area contributed by atoms with Gasteiger partial charge in [-0.1, -0.05) is 67.0 Å². The monoisotopic (exact) mass is 545 g/mol. The molecule has 190 valence electrons. The number of hydrogen-bond acceptors (Lipinski definition) is 5. The van der Waals surface area contributed by atoms with E-state index in [0.717, 1.165) is 5.56 Å². The lowest BCUT2D eigenvalue weighted by molar-refractivity contribution is -0.113. The van der Waals surface area contributed by atoms with Crippen molar-refractivity contribution in [3.8, 4) is 0 Å². The SMILES string of the molecule is C=CCn1c(SCC(=O)Nc2ccc(Cl)cc2C)nnc1[C@H](CC(C)C)NC(=O)c1ccccc1Cl. The minimum Gasteiger partial charge on any atom is -0.342 e. The summed E-state index contributed by atoms with van der Waals surface area (Å²) in [6, 6.07) is 11.8. The second-order valence-corrected chi connectivity index (χ2v) is 10.5. The van der Waals surface area contributed by atoms with Crippen LogP contribution in [0.2, 0.25) is 10.0 Å². The van der Waals surface area contributed by atoms with Crippen LogP contribution < -0.4 is 10.6 Å². The number of nitrogens with zero attached hydrogens (tertiary/aromatic N) is 3. The zero-order valence-electron chi connectivity index (χ0n) is 20.4. The predicted octanol–water partition coefficient (Wildman–Crippen LogP) is 6.33. The second kappa shape index (κ2) is 12.9. The molecule has 36 heavy (non-hydrogen) atoms. The first kappa shape index (κ1) is 27.8. The largest absolute Gasteiger partial charge is 0.342 e. The maximum atomic E-state index is 13.0. The van der Waals surface area contributed by atoms with E-state index in [1.54, 1.807) is 48.5 Å². The highest BCUT2D eigenvalue weighted by Gasteiger charge is 2.25. The predicted molar refractivity (Wildman–Crippen MR) is 147 cm³/mol. The number of carbonyl (C=O) groups excluding carboxylic acids is 2. The molecule has 10 heteroatoms. The van der Waals surface area contributed by atoms with E-state index in [1.807, 2.05) is 11.5 Å². The lowest BCUT2D eigenvalue weighted by Gasteiger charge is -2.21. The molecule has 2 N–H and O–H groups in total. The summed E-state index contributed by atoms with van der Waals surface area (Å²) in [7, 11) is 0. The minimum atomic E-state index is -0.402. The summed E-state index contributed by atoms with van der Waals surface area (Å²) in [4.78, 5) is 25.6. The van der Waals surface area contributed by atoms with Gasteiger partial charge in [0.2, 0.25) is 5.91 Å². The first-order valence-corrected chi connectivity index (χ1v) is 13.2. The molecule has 0 fully saturated rings. The van der Waals surface area contributed by atoms with E-state index >= 15 is 0 Å². The highest BCUT2D eigenvalue weighted by Crippen LogP contribution is 2.27. The van der Waals surface area contributed by atoms with E-state index in [0.29, 0.717) is 45.2 Å². The van der Waals surface area contributed by atoms with Crippen molar-refractivity contribution in [2.45, 2.75) is 44.9 Å². The van der Waals surface area contributed by atoms with Gasteiger partial charge < -0.3 is 15.2 Å². The quantitative estimate of drug-likeness (QED) is 0.217. The van der Waals surface area contributed by atoms with E-state index in [-0.39, 0.29) is 23.5 Å². The van der Waals surface area contributed by atoms with Crippen LogP contribution in [-0.4, -0.2) is 32.3 Å². The number of nitrogens with one attached hydrogen (secondary N) is 2. The second-order valence-electron chi connectivity index (χ2n) is 8.67. The average molecular weight is 547 g/mol. The number of hydrogen-bond donors (Lipinski definition) is 2. The number of halogens is 2. The van der Waals surface area contributed by atoms with E-state index in [4.69, 9.17) is 23.2 Å². The molecule has 3 rings (SSSR count). The van der Waals surface area contributed by atoms with Crippen LogP contribution >= 0.6 is 35.0 Å². The van der Waals surface area contributed by atoms with Gasteiger partial charge in [-0.25, -0.2) is 0 Å². The molecule has 0 aliphatic heterocycles. The maximum absolute atomic E-state index is 13.0. The summed E-state index contributed by atoms with van der Waals surface area (Å²) in [5.74, 6) is 0.551. The third-order valence-electron chi connectivity index (χ3n) is 5.29. The van der Waals surface area contributed by atoms with Crippen LogP contribution in [0.1, 0.15) is 48.1 Å². The summed E-state index contributed by atoms with van der Waals surface area (Å²) in [6.45, 7) is 10.3. The van der Waals surface area contributed by atoms with Crippen molar-refractivity contribution in [1.29, 1.82) is 0 Å². The molecule has 7 nitrogen and oxygen atoms in total. The van der Waals surface area contributed by atoms with Gasteiger partial charge in [-0.2, -0.15) is 0 Å². The Balaban J connectivity index is 1.78. The molecule has 0 bridgehead atoms. The highest BCUT2D eigenvalue weighted by molar-refractivity contribution is 7.99. The van der Waals surface area contributed by atoms with E-state index in [9.17, 15) is 9.59 Å². The minimum absolute atomic E-state index is 0.137. The van der Waals surface area contributed by atoms with Crippen LogP contribution in [0.4, 0.5) is 5.69 Å². The number of thioether (sulfide) groups is 1. The topological polar surface area (TPSA) is 88.9 Å². The molecule has 0 saturated carbocycles. The Morgan fingerprint density at radius 2 is 1.92 bits per heavy atom. The molecule has 1 heterocycles. The van der Waals surface area contributed by atoms with Crippen LogP contribution in [0.5, 0.6) is 0 Å². The lowest BCUT2D eigenvalue weighted by Crippen LogP contribution is -2.32. The number of carbonyl (C=O) groups is 2. The number of aryl methyl sites for hydroxylation is 1. The Morgan fingerprint density at radius 1 is 1.17 bits per heavy atom. The Labute approximate surface area is 225 Å². The average Bonchev–Trinajstić information content (AvgIpc) is 3.22. The molecule has 0 aliphatic rings. The zero-order valence-corrected chi connectivity index (χ0v) is 22.8. The molecular formula is C26H29Cl2N5O2S. The van der Waals surface area contributed by atoms with Gasteiger partial charge in [0.15, 0.2) is 11.0 Å². The van der Waals surface area contributed by atoms with E-state index in [1.165, 1.54) is 11.8 Å². The van der Waals surface area contributed by atoms with Crippen molar-refractivity contribution < 1.29 is 9.59 Å². The van der Waals surface area contributed by atoms with Gasteiger partial charge in [0.25, 0.3) is 5.91 Å². The summed E-state index contributed by atoms with van der Waals surface area (Å²) in [5.41, 5.74) is 1.98. The third kappa shape index (κ3) is 7.35. The number of allylic oxidation sites excluding steroid dienone is 1. The van der Waals surface area contributed by atoms with Crippen LogP contribution in [-0.2, 0) is 11.3 Å². The number of amides is 2. The fourth-order valence-electron chi connectivity index (χ4n) is 3.63. The molecular weight excluding hydrogens is 517 g/mol.